The van der Waals surface area contributed by atoms with E-state index in [9.17, 15) is 27.3 Å². The number of furan rings is 1. The lowest BCUT2D eigenvalue weighted by molar-refractivity contribution is -0.0592. The number of aliphatic hydroxyl groups is 1. The van der Waals surface area contributed by atoms with Gasteiger partial charge in [0.2, 0.25) is 11.7 Å². The average Bonchev–Trinajstić information content (AvgIpc) is 3.65. The number of nitrogens with one attached hydrogen (secondary N) is 1. The van der Waals surface area contributed by atoms with Crippen molar-refractivity contribution in [3.63, 3.8) is 0 Å². The normalized spacial score (nSPS) is 13.4. The van der Waals surface area contributed by atoms with Gasteiger partial charge in [-0.3, -0.25) is 9.10 Å². The Bertz CT molecular complexity index is 2170. The number of aromatic nitrogens is 1. The van der Waals surface area contributed by atoms with Crippen LogP contribution >= 0.6 is 0 Å². The predicted molar refractivity (Wildman–Crippen MR) is 173 cm³/mol. The number of hydrogen-bond acceptors (Lipinski definition) is 7. The zero-order valence-corrected chi connectivity index (χ0v) is 26.4. The first-order valence-electron chi connectivity index (χ1n) is 14.2. The Hall–Kier alpha value is -5.14. The van der Waals surface area contributed by atoms with Crippen molar-refractivity contribution in [1.29, 1.82) is 0 Å². The van der Waals surface area contributed by atoms with Gasteiger partial charge in [0.25, 0.3) is 5.91 Å². The van der Waals surface area contributed by atoms with Crippen LogP contribution in [0.1, 0.15) is 17.3 Å². The Morgan fingerprint density at radius 1 is 1.02 bits per heavy atom. The first-order chi connectivity index (χ1) is 22.4. The number of carbonyl (C=O) groups excluding carboxylic acids is 1. The van der Waals surface area contributed by atoms with Gasteiger partial charge in [0.1, 0.15) is 39.4 Å². The summed E-state index contributed by atoms with van der Waals surface area (Å²) in [6.07, 6.45) is 1.33. The molecule has 242 valence electrons. The van der Waals surface area contributed by atoms with Crippen molar-refractivity contribution in [3.8, 4) is 39.7 Å². The maximum atomic E-state index is 14.7. The van der Waals surface area contributed by atoms with Crippen LogP contribution in [0, 0.1) is 11.6 Å². The van der Waals surface area contributed by atoms with Crippen molar-refractivity contribution in [2.45, 2.75) is 12.8 Å². The summed E-state index contributed by atoms with van der Waals surface area (Å²) in [5.41, 5.74) is 2.35. The van der Waals surface area contributed by atoms with E-state index < -0.39 is 40.9 Å². The van der Waals surface area contributed by atoms with Crippen molar-refractivity contribution < 1.29 is 40.9 Å². The molecule has 0 aliphatic heterocycles. The van der Waals surface area contributed by atoms with Crippen LogP contribution in [0.2, 0.25) is 0 Å². The van der Waals surface area contributed by atoms with Crippen molar-refractivity contribution in [3.05, 3.63) is 90.0 Å². The molecule has 0 bridgehead atoms. The number of amides is 1. The van der Waals surface area contributed by atoms with Crippen molar-refractivity contribution in [1.82, 2.24) is 10.3 Å². The third-order valence-corrected chi connectivity index (χ3v) is 8.44. The largest absolute Gasteiger partial charge is 0.496 e. The van der Waals surface area contributed by atoms with Gasteiger partial charge in [0.05, 0.1) is 30.5 Å². The van der Waals surface area contributed by atoms with E-state index in [1.807, 2.05) is 0 Å². The molecule has 47 heavy (non-hydrogen) atoms. The molecule has 0 spiro atoms. The SMILES string of the molecule is CNC(=O)c1c(-c2ccc(F)cc2)oc2cc(N(CC(C)(O)F)S(C)=O)c(-c3ccc(OC)c(-c4nc5c(F)cccc5o4)c3)cc12. The molecule has 9 nitrogen and oxygen atoms in total. The number of oxazole rings is 1. The molecule has 2 aromatic heterocycles. The fraction of sp³-hybridized carbons (Fsp3) is 0.176. The second kappa shape index (κ2) is 12.2. The minimum Gasteiger partial charge on any atom is -0.496 e. The van der Waals surface area contributed by atoms with E-state index in [-0.39, 0.29) is 39.6 Å². The Balaban J connectivity index is 1.65. The quantitative estimate of drug-likeness (QED) is 0.171. The highest BCUT2D eigenvalue weighted by Gasteiger charge is 2.30. The van der Waals surface area contributed by atoms with Crippen LogP contribution in [-0.4, -0.2) is 53.0 Å². The minimum absolute atomic E-state index is 0.0248. The third-order valence-electron chi connectivity index (χ3n) is 7.49. The minimum atomic E-state index is -2.75. The summed E-state index contributed by atoms with van der Waals surface area (Å²) < 4.78 is 74.9. The van der Waals surface area contributed by atoms with Crippen LogP contribution < -0.4 is 14.4 Å². The van der Waals surface area contributed by atoms with E-state index in [0.29, 0.717) is 33.4 Å². The van der Waals surface area contributed by atoms with Gasteiger partial charge in [-0.1, -0.05) is 12.1 Å². The molecule has 0 saturated carbocycles. The molecule has 0 aliphatic rings. The Morgan fingerprint density at radius 3 is 2.38 bits per heavy atom. The number of carbonyl (C=O) groups is 1. The number of halogens is 3. The standard InChI is InChI=1S/C34H28F3N3O6S/c1-34(37,42)17-40(47(4)43)25-16-28-22(29(32(41)38-2)31(45-28)18-8-11-20(35)12-9-18)15-21(25)19-10-13-26(44-3)23(14-19)33-39-30-24(36)6-5-7-27(30)46-33/h5-16,42H,17H2,1-4H3,(H,38,41). The first kappa shape index (κ1) is 31.8. The van der Waals surface area contributed by atoms with Gasteiger partial charge in [-0.2, -0.15) is 0 Å². The Morgan fingerprint density at radius 2 is 1.74 bits per heavy atom. The van der Waals surface area contributed by atoms with Crippen LogP contribution in [0.25, 0.3) is 56.0 Å². The number of ether oxygens (including phenoxy) is 1. The molecule has 0 radical (unpaired) electrons. The molecule has 1 amide bonds. The lowest BCUT2D eigenvalue weighted by Crippen LogP contribution is -2.38. The number of anilines is 1. The molecule has 6 aromatic rings. The molecule has 0 fully saturated rings. The molecule has 0 aliphatic carbocycles. The van der Waals surface area contributed by atoms with E-state index in [0.717, 1.165) is 11.2 Å². The lowest BCUT2D eigenvalue weighted by Gasteiger charge is -2.28. The summed E-state index contributed by atoms with van der Waals surface area (Å²) in [6.45, 7) is 0.252. The van der Waals surface area contributed by atoms with Gasteiger partial charge < -0.3 is 24.0 Å². The van der Waals surface area contributed by atoms with Gasteiger partial charge in [-0.25, -0.2) is 22.4 Å². The van der Waals surface area contributed by atoms with Crippen LogP contribution in [0.4, 0.5) is 18.9 Å². The zero-order valence-electron chi connectivity index (χ0n) is 25.6. The molecule has 0 saturated heterocycles. The molecule has 6 rings (SSSR count). The highest BCUT2D eigenvalue weighted by molar-refractivity contribution is 7.85. The smallest absolute Gasteiger partial charge is 0.255 e. The van der Waals surface area contributed by atoms with Gasteiger partial charge in [-0.15, -0.1) is 0 Å². The van der Waals surface area contributed by atoms with Gasteiger partial charge >= 0.3 is 0 Å². The van der Waals surface area contributed by atoms with Crippen molar-refractivity contribution >= 4 is 44.6 Å². The molecule has 2 N–H and O–H groups in total. The number of rotatable bonds is 9. The number of para-hydroxylation sites is 1. The number of hydrogen-bond donors (Lipinski definition) is 2. The van der Waals surface area contributed by atoms with Crippen LogP contribution in [0.3, 0.4) is 0 Å². The van der Waals surface area contributed by atoms with Gasteiger partial charge in [-0.05, 0) is 67.1 Å². The van der Waals surface area contributed by atoms with Gasteiger partial charge in [0.15, 0.2) is 11.4 Å². The lowest BCUT2D eigenvalue weighted by atomic mass is 9.96. The summed E-state index contributed by atoms with van der Waals surface area (Å²) in [7, 11) is 1.04. The highest BCUT2D eigenvalue weighted by atomic mass is 32.2. The molecule has 13 heteroatoms. The molecule has 4 aromatic carbocycles. The van der Waals surface area contributed by atoms with Crippen LogP contribution in [-0.2, 0) is 11.0 Å². The van der Waals surface area contributed by atoms with E-state index in [4.69, 9.17) is 13.6 Å². The summed E-state index contributed by atoms with van der Waals surface area (Å²) in [5, 5.41) is 13.1. The fourth-order valence-electron chi connectivity index (χ4n) is 5.37. The predicted octanol–water partition coefficient (Wildman–Crippen LogP) is 7.00. The highest BCUT2D eigenvalue weighted by Crippen LogP contribution is 2.44. The monoisotopic (exact) mass is 663 g/mol. The number of nitrogens with zero attached hydrogens (tertiary/aromatic N) is 2. The second-order valence-electron chi connectivity index (χ2n) is 10.9. The summed E-state index contributed by atoms with van der Waals surface area (Å²) >= 11 is 0. The number of alkyl halides is 1. The topological polar surface area (TPSA) is 118 Å². The first-order valence-corrected chi connectivity index (χ1v) is 15.7. The summed E-state index contributed by atoms with van der Waals surface area (Å²) in [4.78, 5) is 17.6. The molecule has 2 heterocycles. The zero-order chi connectivity index (χ0) is 33.6. The van der Waals surface area contributed by atoms with E-state index in [1.54, 1.807) is 30.3 Å². The third kappa shape index (κ3) is 6.07. The molecule has 2 atom stereocenters. The van der Waals surface area contributed by atoms with Gasteiger partial charge in [0, 0.05) is 35.9 Å². The number of fused-ring (bicyclic) bond motifs is 2. The Labute approximate surface area is 269 Å². The molecular weight excluding hydrogens is 635 g/mol. The fourth-order valence-corrected chi connectivity index (χ4v) is 6.22. The van der Waals surface area contributed by atoms with Crippen molar-refractivity contribution in [2.75, 3.05) is 31.3 Å². The Kier molecular flexibility index (Phi) is 8.28. The maximum Gasteiger partial charge on any atom is 0.255 e. The number of methoxy groups -OCH3 is 1. The maximum absolute atomic E-state index is 14.7. The van der Waals surface area contributed by atoms with E-state index in [1.165, 1.54) is 62.9 Å². The average molecular weight is 664 g/mol. The second-order valence-corrected chi connectivity index (χ2v) is 12.2. The molecular formula is C34H28F3N3O6S. The van der Waals surface area contributed by atoms with E-state index in [2.05, 4.69) is 10.3 Å². The number of benzene rings is 4. The van der Waals surface area contributed by atoms with E-state index >= 15 is 0 Å². The molecule has 2 unspecified atom stereocenters. The summed E-state index contributed by atoms with van der Waals surface area (Å²) in [6, 6.07) is 17.8. The summed E-state index contributed by atoms with van der Waals surface area (Å²) in [5.74, 6) is -3.74. The van der Waals surface area contributed by atoms with Crippen LogP contribution in [0.15, 0.2) is 81.6 Å². The van der Waals surface area contributed by atoms with Crippen LogP contribution in [0.5, 0.6) is 5.75 Å². The van der Waals surface area contributed by atoms with Crippen molar-refractivity contribution in [2.24, 2.45) is 0 Å².